The predicted octanol–water partition coefficient (Wildman–Crippen LogP) is 2.74. The summed E-state index contributed by atoms with van der Waals surface area (Å²) in [5.41, 5.74) is 1.94. The number of nitrogens with zero attached hydrogens (tertiary/aromatic N) is 2. The second-order valence-corrected chi connectivity index (χ2v) is 6.88. The van der Waals surface area contributed by atoms with Crippen LogP contribution in [0.4, 0.5) is 5.69 Å². The van der Waals surface area contributed by atoms with Crippen molar-refractivity contribution in [3.63, 3.8) is 0 Å². The number of nitrogens with one attached hydrogen (secondary N) is 1. The van der Waals surface area contributed by atoms with E-state index in [1.165, 1.54) is 0 Å². The van der Waals surface area contributed by atoms with Gasteiger partial charge in [0.1, 0.15) is 5.76 Å². The van der Waals surface area contributed by atoms with E-state index in [2.05, 4.69) is 10.5 Å². The highest BCUT2D eigenvalue weighted by molar-refractivity contribution is 6.33. The van der Waals surface area contributed by atoms with Crippen LogP contribution in [0.1, 0.15) is 41.1 Å². The summed E-state index contributed by atoms with van der Waals surface area (Å²) in [6, 6.07) is 6.93. The molecule has 7 heteroatoms. The fourth-order valence-electron chi connectivity index (χ4n) is 3.52. The van der Waals surface area contributed by atoms with Gasteiger partial charge in [0.15, 0.2) is 5.69 Å². The Bertz CT molecular complexity index is 833. The molecule has 0 saturated carbocycles. The number of fused-ring (bicyclic) bond motifs is 1. The molecule has 4 rings (SSSR count). The lowest BCUT2D eigenvalue weighted by Crippen LogP contribution is -2.37. The molecule has 1 aliphatic carbocycles. The Balaban J connectivity index is 1.47. The quantitative estimate of drug-likeness (QED) is 0.914. The van der Waals surface area contributed by atoms with Gasteiger partial charge < -0.3 is 14.7 Å². The van der Waals surface area contributed by atoms with Gasteiger partial charge in [0, 0.05) is 24.9 Å². The lowest BCUT2D eigenvalue weighted by molar-refractivity contribution is -0.117. The molecule has 6 nitrogen and oxygen atoms in total. The maximum Gasteiger partial charge on any atom is 0.274 e. The van der Waals surface area contributed by atoms with E-state index in [0.717, 1.165) is 37.0 Å². The topological polar surface area (TPSA) is 75.4 Å². The molecule has 1 aromatic heterocycles. The highest BCUT2D eigenvalue weighted by Crippen LogP contribution is 2.29. The van der Waals surface area contributed by atoms with Gasteiger partial charge in [0.25, 0.3) is 5.91 Å². The van der Waals surface area contributed by atoms with Crippen LogP contribution in [0.15, 0.2) is 28.8 Å². The van der Waals surface area contributed by atoms with Crippen molar-refractivity contribution in [3.8, 4) is 0 Å². The van der Waals surface area contributed by atoms with Crippen molar-refractivity contribution in [1.29, 1.82) is 0 Å². The van der Waals surface area contributed by atoms with Crippen LogP contribution in [-0.4, -0.2) is 29.6 Å². The Hall–Kier alpha value is -2.34. The average molecular weight is 360 g/mol. The molecule has 2 amide bonds. The first-order valence-electron chi connectivity index (χ1n) is 8.46. The summed E-state index contributed by atoms with van der Waals surface area (Å²) >= 11 is 6.18. The summed E-state index contributed by atoms with van der Waals surface area (Å²) in [5.74, 6) is 0.489. The molecular formula is C18H18ClN3O3. The van der Waals surface area contributed by atoms with E-state index in [4.69, 9.17) is 16.1 Å². The summed E-state index contributed by atoms with van der Waals surface area (Å²) in [5, 5.41) is 7.38. The molecule has 1 unspecified atom stereocenters. The normalized spacial score (nSPS) is 19.8. The molecule has 130 valence electrons. The molecule has 2 heterocycles. The SMILES string of the molecule is O=C(NC1CC(=O)N(c2ccccc2Cl)C1)c1noc2c1CCCC2. The zero-order valence-corrected chi connectivity index (χ0v) is 14.4. The number of benzene rings is 1. The minimum absolute atomic E-state index is 0.0550. The zero-order chi connectivity index (χ0) is 17.4. The third kappa shape index (κ3) is 3.02. The van der Waals surface area contributed by atoms with Crippen LogP contribution in [-0.2, 0) is 17.6 Å². The van der Waals surface area contributed by atoms with Crippen molar-refractivity contribution >= 4 is 29.1 Å². The molecule has 0 bridgehead atoms. The van der Waals surface area contributed by atoms with Crippen molar-refractivity contribution in [2.45, 2.75) is 38.1 Å². The van der Waals surface area contributed by atoms with Crippen molar-refractivity contribution < 1.29 is 14.1 Å². The van der Waals surface area contributed by atoms with Gasteiger partial charge >= 0.3 is 0 Å². The van der Waals surface area contributed by atoms with E-state index in [1.54, 1.807) is 17.0 Å². The second-order valence-electron chi connectivity index (χ2n) is 6.47. The highest BCUT2D eigenvalue weighted by Gasteiger charge is 2.34. The maximum absolute atomic E-state index is 12.6. The molecule has 0 radical (unpaired) electrons. The number of carbonyl (C=O) groups excluding carboxylic acids is 2. The molecule has 2 aromatic rings. The summed E-state index contributed by atoms with van der Waals surface area (Å²) in [6.45, 7) is 0.397. The van der Waals surface area contributed by atoms with E-state index in [0.29, 0.717) is 22.9 Å². The summed E-state index contributed by atoms with van der Waals surface area (Å²) in [6.07, 6.45) is 4.00. The molecule has 25 heavy (non-hydrogen) atoms. The fourth-order valence-corrected chi connectivity index (χ4v) is 3.76. The lowest BCUT2D eigenvalue weighted by atomic mass is 9.96. The first-order valence-corrected chi connectivity index (χ1v) is 8.84. The van der Waals surface area contributed by atoms with Crippen LogP contribution < -0.4 is 10.2 Å². The van der Waals surface area contributed by atoms with Crippen LogP contribution in [0.2, 0.25) is 5.02 Å². The van der Waals surface area contributed by atoms with Crippen LogP contribution in [0.5, 0.6) is 0 Å². The summed E-state index contributed by atoms with van der Waals surface area (Å²) < 4.78 is 5.29. The van der Waals surface area contributed by atoms with Gasteiger partial charge in [-0.3, -0.25) is 9.59 Å². The van der Waals surface area contributed by atoms with E-state index >= 15 is 0 Å². The van der Waals surface area contributed by atoms with Gasteiger partial charge in [-0.05, 0) is 31.4 Å². The van der Waals surface area contributed by atoms with E-state index in [9.17, 15) is 9.59 Å². The number of aromatic nitrogens is 1. The summed E-state index contributed by atoms with van der Waals surface area (Å²) in [4.78, 5) is 26.5. The average Bonchev–Trinajstić information content (AvgIpc) is 3.19. The fraction of sp³-hybridized carbons (Fsp3) is 0.389. The molecule has 1 saturated heterocycles. The largest absolute Gasteiger partial charge is 0.360 e. The number of carbonyl (C=O) groups is 2. The molecular weight excluding hydrogens is 342 g/mol. The Kier molecular flexibility index (Phi) is 4.21. The molecule has 1 aromatic carbocycles. The number of amides is 2. The van der Waals surface area contributed by atoms with Crippen molar-refractivity contribution in [1.82, 2.24) is 10.5 Å². The van der Waals surface area contributed by atoms with Gasteiger partial charge in [-0.25, -0.2) is 0 Å². The van der Waals surface area contributed by atoms with Gasteiger partial charge in [0.2, 0.25) is 5.91 Å². The first kappa shape index (κ1) is 16.1. The molecule has 1 atom stereocenters. The minimum Gasteiger partial charge on any atom is -0.360 e. The maximum atomic E-state index is 12.6. The minimum atomic E-state index is -0.272. The predicted molar refractivity (Wildman–Crippen MR) is 92.8 cm³/mol. The molecule has 1 N–H and O–H groups in total. The first-order chi connectivity index (χ1) is 12.1. The Morgan fingerprint density at radius 1 is 1.28 bits per heavy atom. The third-order valence-corrected chi connectivity index (χ3v) is 5.09. The van der Waals surface area contributed by atoms with Crippen LogP contribution in [0.25, 0.3) is 0 Å². The van der Waals surface area contributed by atoms with Gasteiger partial charge in [-0.15, -0.1) is 0 Å². The van der Waals surface area contributed by atoms with Gasteiger partial charge in [-0.1, -0.05) is 28.9 Å². The van der Waals surface area contributed by atoms with E-state index < -0.39 is 0 Å². The number of halogens is 1. The Labute approximate surface area is 150 Å². The van der Waals surface area contributed by atoms with E-state index in [1.807, 2.05) is 12.1 Å². The number of aryl methyl sites for hydroxylation is 1. The van der Waals surface area contributed by atoms with Gasteiger partial charge in [0.05, 0.1) is 16.8 Å². The smallest absolute Gasteiger partial charge is 0.274 e. The lowest BCUT2D eigenvalue weighted by Gasteiger charge is -2.18. The zero-order valence-electron chi connectivity index (χ0n) is 13.6. The number of rotatable bonds is 3. The second kappa shape index (κ2) is 6.52. The highest BCUT2D eigenvalue weighted by atomic mass is 35.5. The van der Waals surface area contributed by atoms with Crippen LogP contribution in [0.3, 0.4) is 0 Å². The monoisotopic (exact) mass is 359 g/mol. The number of hydrogen-bond acceptors (Lipinski definition) is 4. The number of hydrogen-bond donors (Lipinski definition) is 1. The number of para-hydroxylation sites is 1. The van der Waals surface area contributed by atoms with Gasteiger partial charge in [-0.2, -0.15) is 0 Å². The summed E-state index contributed by atoms with van der Waals surface area (Å²) in [7, 11) is 0. The van der Waals surface area contributed by atoms with Crippen molar-refractivity contribution in [2.75, 3.05) is 11.4 Å². The molecule has 2 aliphatic rings. The standard InChI is InChI=1S/C18H18ClN3O3/c19-13-6-2-3-7-14(13)22-10-11(9-16(22)23)20-18(24)17-12-5-1-4-8-15(12)25-21-17/h2-3,6-7,11H,1,4-5,8-10H2,(H,20,24). The van der Waals surface area contributed by atoms with Crippen LogP contribution >= 0.6 is 11.6 Å². The van der Waals surface area contributed by atoms with E-state index in [-0.39, 0.29) is 24.3 Å². The third-order valence-electron chi connectivity index (χ3n) is 4.77. The number of anilines is 1. The van der Waals surface area contributed by atoms with Crippen LogP contribution in [0, 0.1) is 0 Å². The van der Waals surface area contributed by atoms with Crippen molar-refractivity contribution in [3.05, 3.63) is 46.3 Å². The Morgan fingerprint density at radius 3 is 2.92 bits per heavy atom. The molecule has 1 fully saturated rings. The molecule has 0 spiro atoms. The van der Waals surface area contributed by atoms with Crippen molar-refractivity contribution in [2.24, 2.45) is 0 Å². The molecule has 1 aliphatic heterocycles. The Morgan fingerprint density at radius 2 is 2.08 bits per heavy atom.